The number of amides is 2. The second-order valence-corrected chi connectivity index (χ2v) is 8.51. The van der Waals surface area contributed by atoms with E-state index in [-0.39, 0.29) is 12.5 Å². The Morgan fingerprint density at radius 1 is 0.711 bits per heavy atom. The van der Waals surface area contributed by atoms with Crippen molar-refractivity contribution in [2.24, 2.45) is 10.2 Å². The molecule has 0 atom stereocenters. The second kappa shape index (κ2) is 11.7. The van der Waals surface area contributed by atoms with E-state index in [1.165, 1.54) is 5.01 Å². The number of ether oxygens (including phenoxy) is 1. The van der Waals surface area contributed by atoms with E-state index in [0.29, 0.717) is 29.3 Å². The van der Waals surface area contributed by atoms with Gasteiger partial charge in [-0.15, -0.1) is 10.2 Å². The lowest BCUT2D eigenvalue weighted by atomic mass is 10.1. The highest BCUT2D eigenvalue weighted by molar-refractivity contribution is 6.11. The highest BCUT2D eigenvalue weighted by Gasteiger charge is 2.28. The van der Waals surface area contributed by atoms with Crippen LogP contribution in [0.1, 0.15) is 22.3 Å². The minimum absolute atomic E-state index is 0.0368. The van der Waals surface area contributed by atoms with Crippen molar-refractivity contribution in [1.29, 1.82) is 0 Å². The minimum Gasteiger partial charge on any atom is -0.443 e. The first kappa shape index (κ1) is 24.5. The van der Waals surface area contributed by atoms with Gasteiger partial charge in [0.15, 0.2) is 11.7 Å². The van der Waals surface area contributed by atoms with E-state index < -0.39 is 6.09 Å². The van der Waals surface area contributed by atoms with Crippen LogP contribution < -0.4 is 10.7 Å². The Kier molecular flexibility index (Phi) is 7.51. The molecule has 0 saturated carbocycles. The van der Waals surface area contributed by atoms with Gasteiger partial charge >= 0.3 is 6.09 Å². The highest BCUT2D eigenvalue weighted by Crippen LogP contribution is 2.15. The molecule has 0 aromatic heterocycles. The zero-order chi connectivity index (χ0) is 26.2. The van der Waals surface area contributed by atoms with Crippen LogP contribution >= 0.6 is 0 Å². The smallest absolute Gasteiger partial charge is 0.435 e. The molecule has 1 aliphatic rings. The van der Waals surface area contributed by atoms with E-state index >= 15 is 0 Å². The lowest BCUT2D eigenvalue weighted by molar-refractivity contribution is -0.115. The summed E-state index contributed by atoms with van der Waals surface area (Å²) in [7, 11) is 0. The van der Waals surface area contributed by atoms with Crippen molar-refractivity contribution in [3.63, 3.8) is 0 Å². The number of rotatable bonds is 7. The summed E-state index contributed by atoms with van der Waals surface area (Å²) in [6.07, 6.45) is -0.334. The van der Waals surface area contributed by atoms with Gasteiger partial charge in [0.1, 0.15) is 6.61 Å². The molecule has 8 heteroatoms. The van der Waals surface area contributed by atoms with E-state index in [1.807, 2.05) is 91.0 Å². The fraction of sp³-hybridized carbons (Fsp3) is 0.0667. The molecular weight excluding hydrogens is 478 g/mol. The third-order valence-corrected chi connectivity index (χ3v) is 5.74. The van der Waals surface area contributed by atoms with Crippen LogP contribution in [0.15, 0.2) is 125 Å². The number of anilines is 1. The Morgan fingerprint density at radius 2 is 1.32 bits per heavy atom. The number of carbonyl (C=O) groups is 2. The van der Waals surface area contributed by atoms with Gasteiger partial charge < -0.3 is 10.1 Å². The molecule has 0 bridgehead atoms. The summed E-state index contributed by atoms with van der Waals surface area (Å²) in [4.78, 5) is 25.5. The molecule has 5 rings (SSSR count). The van der Waals surface area contributed by atoms with Crippen molar-refractivity contribution in [3.8, 4) is 0 Å². The van der Waals surface area contributed by atoms with Gasteiger partial charge in [-0.1, -0.05) is 103 Å². The molecule has 2 N–H and O–H groups in total. The number of amidine groups is 2. The Morgan fingerprint density at radius 3 is 1.97 bits per heavy atom. The average molecular weight is 504 g/mol. The zero-order valence-corrected chi connectivity index (χ0v) is 20.5. The van der Waals surface area contributed by atoms with Gasteiger partial charge in [0.05, 0.1) is 6.42 Å². The molecule has 0 fully saturated rings. The molecule has 0 aliphatic carbocycles. The predicted molar refractivity (Wildman–Crippen MR) is 146 cm³/mol. The molecule has 2 amide bonds. The molecule has 4 aromatic carbocycles. The number of hydrogen-bond acceptors (Lipinski definition) is 6. The lowest BCUT2D eigenvalue weighted by Gasteiger charge is -2.27. The molecule has 0 unspecified atom stereocenters. The molecule has 4 aromatic rings. The molecular formula is C30H25N5O3. The topological polar surface area (TPSA) is 95.4 Å². The predicted octanol–water partition coefficient (Wildman–Crippen LogP) is 5.13. The van der Waals surface area contributed by atoms with Crippen LogP contribution in [0.4, 0.5) is 10.5 Å². The van der Waals surface area contributed by atoms with Crippen LogP contribution in [0, 0.1) is 0 Å². The average Bonchev–Trinajstić information content (AvgIpc) is 2.98. The largest absolute Gasteiger partial charge is 0.443 e. The summed E-state index contributed by atoms with van der Waals surface area (Å²) >= 11 is 0. The Balaban J connectivity index is 1.23. The van der Waals surface area contributed by atoms with Crippen molar-refractivity contribution in [2.45, 2.75) is 13.0 Å². The number of carbonyl (C=O) groups excluding carboxylic acids is 2. The van der Waals surface area contributed by atoms with Crippen LogP contribution in [-0.4, -0.2) is 28.7 Å². The SMILES string of the molecule is O=C(Cc1ccccc1)Nc1ccc(COC(=O)N2NC(c3ccccc3)=NN=C2c2ccccc2)cc1. The van der Waals surface area contributed by atoms with E-state index in [4.69, 9.17) is 4.74 Å². The Hall–Kier alpha value is -5.24. The van der Waals surface area contributed by atoms with Gasteiger partial charge in [-0.05, 0) is 23.3 Å². The summed E-state index contributed by atoms with van der Waals surface area (Å²) < 4.78 is 5.60. The number of nitrogens with one attached hydrogen (secondary N) is 2. The Labute approximate surface area is 220 Å². The van der Waals surface area contributed by atoms with Gasteiger partial charge in [0, 0.05) is 16.8 Å². The standard InChI is InChI=1S/C30H25N5O3/c36-27(20-22-10-4-1-5-11-22)31-26-18-16-23(17-19-26)21-38-30(37)35-29(25-14-8-3-9-15-25)33-32-28(34-35)24-12-6-2-7-13-24/h1-19H,20-21H2,(H,31,36)(H,32,34). The fourth-order valence-corrected chi connectivity index (χ4v) is 3.83. The number of hydrogen-bond donors (Lipinski definition) is 2. The molecule has 0 saturated heterocycles. The number of hydrazine groups is 1. The summed E-state index contributed by atoms with van der Waals surface area (Å²) in [5.74, 6) is 0.653. The van der Waals surface area contributed by atoms with Gasteiger partial charge in [0.2, 0.25) is 5.91 Å². The van der Waals surface area contributed by atoms with E-state index in [2.05, 4.69) is 20.9 Å². The molecule has 1 heterocycles. The summed E-state index contributed by atoms with van der Waals surface area (Å²) in [6.45, 7) is 0.0368. The first-order valence-electron chi connectivity index (χ1n) is 12.1. The monoisotopic (exact) mass is 503 g/mol. The molecule has 0 spiro atoms. The lowest BCUT2D eigenvalue weighted by Crippen LogP contribution is -2.52. The maximum Gasteiger partial charge on any atom is 0.435 e. The maximum atomic E-state index is 13.2. The third kappa shape index (κ3) is 6.11. The molecule has 0 radical (unpaired) electrons. The van der Waals surface area contributed by atoms with Crippen LogP contribution in [0.3, 0.4) is 0 Å². The highest BCUT2D eigenvalue weighted by atomic mass is 16.6. The summed E-state index contributed by atoms with van der Waals surface area (Å²) in [5.41, 5.74) is 6.91. The molecule has 1 aliphatic heterocycles. The van der Waals surface area contributed by atoms with Crippen LogP contribution in [0.25, 0.3) is 0 Å². The van der Waals surface area contributed by atoms with Crippen molar-refractivity contribution in [1.82, 2.24) is 10.4 Å². The van der Waals surface area contributed by atoms with Crippen molar-refractivity contribution >= 4 is 29.4 Å². The maximum absolute atomic E-state index is 13.2. The Bertz CT molecular complexity index is 1450. The van der Waals surface area contributed by atoms with Gasteiger partial charge in [-0.2, -0.15) is 5.01 Å². The second-order valence-electron chi connectivity index (χ2n) is 8.51. The first-order valence-corrected chi connectivity index (χ1v) is 12.1. The van der Waals surface area contributed by atoms with Crippen LogP contribution in [0.5, 0.6) is 0 Å². The first-order chi connectivity index (χ1) is 18.7. The van der Waals surface area contributed by atoms with Crippen LogP contribution in [-0.2, 0) is 22.6 Å². The van der Waals surface area contributed by atoms with Crippen molar-refractivity contribution in [3.05, 3.63) is 138 Å². The van der Waals surface area contributed by atoms with Gasteiger partial charge in [-0.3, -0.25) is 10.2 Å². The fourth-order valence-electron chi connectivity index (χ4n) is 3.83. The quantitative estimate of drug-likeness (QED) is 0.365. The van der Waals surface area contributed by atoms with E-state index in [9.17, 15) is 9.59 Å². The minimum atomic E-state index is -0.629. The van der Waals surface area contributed by atoms with Crippen LogP contribution in [0.2, 0.25) is 0 Å². The third-order valence-electron chi connectivity index (χ3n) is 5.74. The summed E-state index contributed by atoms with van der Waals surface area (Å²) in [5, 5.41) is 12.7. The van der Waals surface area contributed by atoms with Gasteiger partial charge in [0.25, 0.3) is 0 Å². The van der Waals surface area contributed by atoms with E-state index in [1.54, 1.807) is 24.3 Å². The number of benzene rings is 4. The van der Waals surface area contributed by atoms with Crippen molar-refractivity contribution < 1.29 is 14.3 Å². The number of nitrogens with zero attached hydrogens (tertiary/aromatic N) is 3. The summed E-state index contributed by atoms with van der Waals surface area (Å²) in [6, 6.07) is 35.4. The van der Waals surface area contributed by atoms with Gasteiger partial charge in [-0.25, -0.2) is 4.79 Å². The molecule has 38 heavy (non-hydrogen) atoms. The zero-order valence-electron chi connectivity index (χ0n) is 20.5. The normalized spacial score (nSPS) is 12.6. The molecule has 8 nitrogen and oxygen atoms in total. The van der Waals surface area contributed by atoms with Crippen molar-refractivity contribution in [2.75, 3.05) is 5.32 Å². The van der Waals surface area contributed by atoms with E-state index in [0.717, 1.165) is 16.7 Å². The molecule has 188 valence electrons.